The van der Waals surface area contributed by atoms with Crippen LogP contribution in [0.4, 0.5) is 0 Å². The average molecular weight is 295 g/mol. The molecule has 6 heteroatoms. The lowest BCUT2D eigenvalue weighted by atomic mass is 10.2. The maximum Gasteiger partial charge on any atom is 0.236 e. The SMILES string of the molecule is C[C@@H](O)CN1CCN(CC(=O)N(C)Cc2ccco2)CC1. The van der Waals surface area contributed by atoms with Gasteiger partial charge in [0.1, 0.15) is 5.76 Å². The fraction of sp³-hybridized carbons (Fsp3) is 0.667. The zero-order valence-electron chi connectivity index (χ0n) is 12.9. The molecule has 0 unspecified atom stereocenters. The Morgan fingerprint density at radius 1 is 1.38 bits per heavy atom. The predicted octanol–water partition coefficient (Wildman–Crippen LogP) is 0.236. The molecule has 0 saturated carbocycles. The summed E-state index contributed by atoms with van der Waals surface area (Å²) < 4.78 is 5.26. The molecule has 0 radical (unpaired) electrons. The molecular weight excluding hydrogens is 270 g/mol. The monoisotopic (exact) mass is 295 g/mol. The molecule has 0 spiro atoms. The highest BCUT2D eigenvalue weighted by Gasteiger charge is 2.21. The van der Waals surface area contributed by atoms with E-state index in [0.717, 1.165) is 31.9 Å². The van der Waals surface area contributed by atoms with Crippen LogP contribution in [-0.4, -0.2) is 78.1 Å². The van der Waals surface area contributed by atoms with Crippen molar-refractivity contribution in [2.75, 3.05) is 46.3 Å². The first-order valence-electron chi connectivity index (χ1n) is 7.43. The van der Waals surface area contributed by atoms with Gasteiger partial charge in [-0.15, -0.1) is 0 Å². The lowest BCUT2D eigenvalue weighted by molar-refractivity contribution is -0.132. The Bertz CT molecular complexity index is 425. The summed E-state index contributed by atoms with van der Waals surface area (Å²) in [5.74, 6) is 0.906. The molecule has 1 aliphatic heterocycles. The zero-order valence-corrected chi connectivity index (χ0v) is 12.9. The van der Waals surface area contributed by atoms with Crippen LogP contribution in [0.25, 0.3) is 0 Å². The van der Waals surface area contributed by atoms with Gasteiger partial charge in [-0.25, -0.2) is 0 Å². The lowest BCUT2D eigenvalue weighted by Crippen LogP contribution is -2.50. The molecule has 1 N–H and O–H groups in total. The quantitative estimate of drug-likeness (QED) is 0.814. The molecule has 0 bridgehead atoms. The number of aliphatic hydroxyl groups is 1. The Balaban J connectivity index is 1.71. The Hall–Kier alpha value is -1.37. The number of carbonyl (C=O) groups excluding carboxylic acids is 1. The summed E-state index contributed by atoms with van der Waals surface area (Å²) in [7, 11) is 1.80. The molecular formula is C15H25N3O3. The molecule has 1 atom stereocenters. The summed E-state index contributed by atoms with van der Waals surface area (Å²) in [5.41, 5.74) is 0. The van der Waals surface area contributed by atoms with E-state index in [0.29, 0.717) is 19.6 Å². The number of carbonyl (C=O) groups is 1. The third-order valence-electron chi connectivity index (χ3n) is 3.75. The van der Waals surface area contributed by atoms with Crippen LogP contribution in [0.2, 0.25) is 0 Å². The molecule has 1 aromatic rings. The molecule has 1 amide bonds. The molecule has 118 valence electrons. The molecule has 1 aliphatic rings. The van der Waals surface area contributed by atoms with E-state index in [2.05, 4.69) is 9.80 Å². The molecule has 2 heterocycles. The second-order valence-corrected chi connectivity index (χ2v) is 5.75. The number of likely N-dealkylation sites (N-methyl/N-ethyl adjacent to an activating group) is 1. The van der Waals surface area contributed by atoms with Gasteiger partial charge in [-0.1, -0.05) is 0 Å². The van der Waals surface area contributed by atoms with Crippen molar-refractivity contribution in [1.82, 2.24) is 14.7 Å². The van der Waals surface area contributed by atoms with Crippen molar-refractivity contribution < 1.29 is 14.3 Å². The van der Waals surface area contributed by atoms with Crippen LogP contribution >= 0.6 is 0 Å². The van der Waals surface area contributed by atoms with Crippen LogP contribution in [-0.2, 0) is 11.3 Å². The van der Waals surface area contributed by atoms with Gasteiger partial charge in [0.25, 0.3) is 0 Å². The number of aliphatic hydroxyl groups excluding tert-OH is 1. The van der Waals surface area contributed by atoms with Crippen LogP contribution in [0.1, 0.15) is 12.7 Å². The van der Waals surface area contributed by atoms with Crippen LogP contribution < -0.4 is 0 Å². The number of β-amino-alcohol motifs (C(OH)–C–C–N with tert-alkyl or cyclic N) is 1. The van der Waals surface area contributed by atoms with Gasteiger partial charge >= 0.3 is 0 Å². The van der Waals surface area contributed by atoms with Crippen molar-refractivity contribution in [3.05, 3.63) is 24.2 Å². The molecule has 1 saturated heterocycles. The van der Waals surface area contributed by atoms with E-state index in [1.54, 1.807) is 25.1 Å². The minimum Gasteiger partial charge on any atom is -0.467 e. The Labute approximate surface area is 125 Å². The number of hydrogen-bond acceptors (Lipinski definition) is 5. The maximum atomic E-state index is 12.2. The third kappa shape index (κ3) is 5.15. The summed E-state index contributed by atoms with van der Waals surface area (Å²) in [5, 5.41) is 9.39. The predicted molar refractivity (Wildman–Crippen MR) is 79.7 cm³/mol. The largest absolute Gasteiger partial charge is 0.467 e. The molecule has 2 rings (SSSR count). The fourth-order valence-electron chi connectivity index (χ4n) is 2.54. The van der Waals surface area contributed by atoms with Crippen molar-refractivity contribution in [1.29, 1.82) is 0 Å². The highest BCUT2D eigenvalue weighted by atomic mass is 16.3. The summed E-state index contributed by atoms with van der Waals surface area (Å²) >= 11 is 0. The van der Waals surface area contributed by atoms with Crippen molar-refractivity contribution >= 4 is 5.91 Å². The molecule has 6 nitrogen and oxygen atoms in total. The van der Waals surface area contributed by atoms with Gasteiger partial charge in [0.05, 0.1) is 25.5 Å². The number of nitrogens with zero attached hydrogens (tertiary/aromatic N) is 3. The van der Waals surface area contributed by atoms with Crippen LogP contribution in [0.3, 0.4) is 0 Å². The number of furan rings is 1. The number of rotatable bonds is 6. The van der Waals surface area contributed by atoms with E-state index in [1.807, 2.05) is 12.1 Å². The minimum absolute atomic E-state index is 0.107. The topological polar surface area (TPSA) is 60.2 Å². The summed E-state index contributed by atoms with van der Waals surface area (Å²) in [4.78, 5) is 18.3. The summed E-state index contributed by atoms with van der Waals surface area (Å²) in [6, 6.07) is 3.70. The van der Waals surface area contributed by atoms with Gasteiger partial charge in [0.15, 0.2) is 0 Å². The highest BCUT2D eigenvalue weighted by molar-refractivity contribution is 5.77. The Morgan fingerprint density at radius 3 is 2.62 bits per heavy atom. The molecule has 0 aliphatic carbocycles. The smallest absolute Gasteiger partial charge is 0.236 e. The normalized spacial score (nSPS) is 18.6. The van der Waals surface area contributed by atoms with Gasteiger partial charge < -0.3 is 14.4 Å². The first-order chi connectivity index (χ1) is 10.0. The molecule has 1 aromatic heterocycles. The lowest BCUT2D eigenvalue weighted by Gasteiger charge is -2.35. The summed E-state index contributed by atoms with van der Waals surface area (Å²) in [6.07, 6.45) is 1.33. The van der Waals surface area contributed by atoms with Crippen LogP contribution in [0, 0.1) is 0 Å². The molecule has 0 aromatic carbocycles. The molecule has 1 fully saturated rings. The van der Waals surface area contributed by atoms with Crippen LogP contribution in [0.5, 0.6) is 0 Å². The van der Waals surface area contributed by atoms with E-state index >= 15 is 0 Å². The van der Waals surface area contributed by atoms with Gasteiger partial charge in [0, 0.05) is 39.8 Å². The zero-order chi connectivity index (χ0) is 15.2. The third-order valence-corrected chi connectivity index (χ3v) is 3.75. The summed E-state index contributed by atoms with van der Waals surface area (Å²) in [6.45, 7) is 7.01. The second-order valence-electron chi connectivity index (χ2n) is 5.75. The number of piperazine rings is 1. The van der Waals surface area contributed by atoms with Gasteiger partial charge in [0.2, 0.25) is 5.91 Å². The van der Waals surface area contributed by atoms with Crippen molar-refractivity contribution in [2.45, 2.75) is 19.6 Å². The standard InChI is InChI=1S/C15H25N3O3/c1-13(19)10-17-5-7-18(8-6-17)12-15(20)16(2)11-14-4-3-9-21-14/h3-4,9,13,19H,5-8,10-12H2,1-2H3/t13-/m1/s1. The first kappa shape index (κ1) is 16.0. The van der Waals surface area contributed by atoms with Crippen molar-refractivity contribution in [3.8, 4) is 0 Å². The fourth-order valence-corrected chi connectivity index (χ4v) is 2.54. The van der Waals surface area contributed by atoms with Gasteiger partial charge in [-0.2, -0.15) is 0 Å². The highest BCUT2D eigenvalue weighted by Crippen LogP contribution is 2.06. The van der Waals surface area contributed by atoms with Crippen molar-refractivity contribution in [2.24, 2.45) is 0 Å². The van der Waals surface area contributed by atoms with Crippen molar-refractivity contribution in [3.63, 3.8) is 0 Å². The number of amides is 1. The average Bonchev–Trinajstić information content (AvgIpc) is 2.93. The van der Waals surface area contributed by atoms with Gasteiger partial charge in [-0.05, 0) is 19.1 Å². The first-order valence-corrected chi connectivity index (χ1v) is 7.43. The van der Waals surface area contributed by atoms with E-state index in [4.69, 9.17) is 4.42 Å². The van der Waals surface area contributed by atoms with E-state index in [-0.39, 0.29) is 12.0 Å². The van der Waals surface area contributed by atoms with Gasteiger partial charge in [-0.3, -0.25) is 14.6 Å². The number of hydrogen-bond donors (Lipinski definition) is 1. The van der Waals surface area contributed by atoms with E-state index in [1.165, 1.54) is 0 Å². The Kier molecular flexibility index (Phi) is 5.78. The second kappa shape index (κ2) is 7.59. The van der Waals surface area contributed by atoms with E-state index < -0.39 is 0 Å². The maximum absolute atomic E-state index is 12.2. The van der Waals surface area contributed by atoms with Crippen LogP contribution in [0.15, 0.2) is 22.8 Å². The Morgan fingerprint density at radius 2 is 2.05 bits per heavy atom. The minimum atomic E-state index is -0.294. The molecule has 21 heavy (non-hydrogen) atoms. The van der Waals surface area contributed by atoms with E-state index in [9.17, 15) is 9.90 Å².